The van der Waals surface area contributed by atoms with Gasteiger partial charge in [-0.3, -0.25) is 9.59 Å². The molecule has 2 heterocycles. The highest BCUT2D eigenvalue weighted by atomic mass is 35.5. The number of ether oxygens (including phenoxy) is 1. The molecular formula is C27H34Cl2N2O3Si. The van der Waals surface area contributed by atoms with Crippen LogP contribution in [0.2, 0.25) is 29.7 Å². The van der Waals surface area contributed by atoms with Crippen molar-refractivity contribution in [2.45, 2.75) is 63.0 Å². The van der Waals surface area contributed by atoms with Gasteiger partial charge in [0.25, 0.3) is 0 Å². The average Bonchev–Trinajstić information content (AvgIpc) is 3.05. The Hall–Kier alpha value is -2.12. The van der Waals surface area contributed by atoms with E-state index in [-0.39, 0.29) is 24.2 Å². The van der Waals surface area contributed by atoms with Gasteiger partial charge in [-0.25, -0.2) is 0 Å². The molecule has 1 fully saturated rings. The number of hydrogen-bond donors (Lipinski definition) is 2. The second-order valence-corrected chi connectivity index (χ2v) is 16.8. The summed E-state index contributed by atoms with van der Waals surface area (Å²) in [5.41, 5.74) is 2.53. The van der Waals surface area contributed by atoms with E-state index in [1.807, 2.05) is 31.2 Å². The summed E-state index contributed by atoms with van der Waals surface area (Å²) in [4.78, 5) is 26.0. The van der Waals surface area contributed by atoms with E-state index in [0.717, 1.165) is 11.1 Å². The zero-order valence-corrected chi connectivity index (χ0v) is 23.7. The summed E-state index contributed by atoms with van der Waals surface area (Å²) >= 11 is 12.4. The van der Waals surface area contributed by atoms with Gasteiger partial charge in [-0.2, -0.15) is 0 Å². The standard InChI is InChI=1S/C21H18Cl2N2O2.C6H16OSi/c1-11(2)19-21(15-7-6-14(23)9-17(15)24-20(21)27)16(10-18(26)25-19)12-4-3-5-13(22)8-12;1-6(7-2)8(3,4)5/h3-9,16,19H,1,10H2,2H3,(H,24,27)(H,25,26);6H,1-5H3/t16-,19-,21-;/m0./s1. The van der Waals surface area contributed by atoms with Crippen LogP contribution in [0.4, 0.5) is 5.69 Å². The molecule has 0 aromatic heterocycles. The molecular weight excluding hydrogens is 499 g/mol. The summed E-state index contributed by atoms with van der Waals surface area (Å²) in [5.74, 6) is -0.666. The number of methoxy groups -OCH3 is 1. The first kappa shape index (κ1) is 27.5. The minimum Gasteiger partial charge on any atom is -0.385 e. The van der Waals surface area contributed by atoms with Crippen LogP contribution in [0, 0.1) is 0 Å². The zero-order valence-electron chi connectivity index (χ0n) is 21.2. The van der Waals surface area contributed by atoms with E-state index in [4.69, 9.17) is 27.9 Å². The summed E-state index contributed by atoms with van der Waals surface area (Å²) in [7, 11) is 0.798. The van der Waals surface area contributed by atoms with Gasteiger partial charge in [0.2, 0.25) is 11.8 Å². The van der Waals surface area contributed by atoms with Crippen LogP contribution in [0.1, 0.15) is 37.3 Å². The molecule has 4 rings (SSSR count). The van der Waals surface area contributed by atoms with Crippen LogP contribution in [-0.4, -0.2) is 38.8 Å². The van der Waals surface area contributed by atoms with Gasteiger partial charge in [0.1, 0.15) is 5.41 Å². The van der Waals surface area contributed by atoms with Crippen molar-refractivity contribution in [1.82, 2.24) is 5.32 Å². The molecule has 2 amide bonds. The fourth-order valence-corrected chi connectivity index (χ4v) is 5.89. The fourth-order valence-electron chi connectivity index (χ4n) is 4.81. The van der Waals surface area contributed by atoms with Gasteiger partial charge in [-0.15, -0.1) is 0 Å². The summed E-state index contributed by atoms with van der Waals surface area (Å²) in [6.45, 7) is 14.9. The Morgan fingerprint density at radius 2 is 1.80 bits per heavy atom. The lowest BCUT2D eigenvalue weighted by atomic mass is 9.59. The Balaban J connectivity index is 0.000000371. The molecule has 1 spiro atoms. The minimum atomic E-state index is -1.01. The van der Waals surface area contributed by atoms with Gasteiger partial charge >= 0.3 is 0 Å². The third kappa shape index (κ3) is 5.36. The fraction of sp³-hybridized carbons (Fsp3) is 0.407. The largest absolute Gasteiger partial charge is 0.385 e. The number of hydrogen-bond acceptors (Lipinski definition) is 3. The lowest BCUT2D eigenvalue weighted by molar-refractivity contribution is -0.130. The maximum Gasteiger partial charge on any atom is 0.238 e. The molecule has 0 bridgehead atoms. The molecule has 0 aliphatic carbocycles. The van der Waals surface area contributed by atoms with E-state index in [0.29, 0.717) is 27.0 Å². The molecule has 2 aliphatic rings. The number of carbonyl (C=O) groups is 2. The van der Waals surface area contributed by atoms with Crippen molar-refractivity contribution in [3.05, 3.63) is 75.8 Å². The van der Waals surface area contributed by atoms with E-state index in [1.54, 1.807) is 25.3 Å². The van der Waals surface area contributed by atoms with Crippen molar-refractivity contribution in [3.63, 3.8) is 0 Å². The first-order valence-electron chi connectivity index (χ1n) is 11.7. The number of halogens is 2. The van der Waals surface area contributed by atoms with Crippen LogP contribution in [-0.2, 0) is 19.7 Å². The van der Waals surface area contributed by atoms with E-state index in [9.17, 15) is 9.59 Å². The average molecular weight is 534 g/mol. The smallest absolute Gasteiger partial charge is 0.238 e. The predicted octanol–water partition coefficient (Wildman–Crippen LogP) is 6.33. The van der Waals surface area contributed by atoms with E-state index >= 15 is 0 Å². The van der Waals surface area contributed by atoms with E-state index in [2.05, 4.69) is 43.8 Å². The molecule has 2 aliphatic heterocycles. The number of benzene rings is 2. The molecule has 0 saturated carbocycles. The molecule has 2 N–H and O–H groups in total. The van der Waals surface area contributed by atoms with Crippen LogP contribution in [0.5, 0.6) is 0 Å². The van der Waals surface area contributed by atoms with Crippen LogP contribution in [0.3, 0.4) is 0 Å². The molecule has 2 aromatic rings. The SMILES string of the molecule is C=C(C)[C@@H]1NC(=O)C[C@@H](c2cccc(Cl)c2)[C@]12C(=O)Nc1cc(Cl)ccc12.COC(C)[Si](C)(C)C. The number of anilines is 1. The number of amides is 2. The molecule has 5 nitrogen and oxygen atoms in total. The molecule has 8 heteroatoms. The molecule has 1 unspecified atom stereocenters. The monoisotopic (exact) mass is 532 g/mol. The number of carbonyl (C=O) groups excluding carboxylic acids is 2. The van der Waals surface area contributed by atoms with Gasteiger partial charge in [-0.1, -0.05) is 73.2 Å². The van der Waals surface area contributed by atoms with Gasteiger partial charge in [-0.05, 0) is 49.2 Å². The number of piperidine rings is 1. The van der Waals surface area contributed by atoms with Gasteiger partial charge in [0.15, 0.2) is 0 Å². The zero-order chi connectivity index (χ0) is 26.1. The van der Waals surface area contributed by atoms with Crippen molar-refractivity contribution in [2.75, 3.05) is 12.4 Å². The Labute approximate surface area is 219 Å². The van der Waals surface area contributed by atoms with Crippen molar-refractivity contribution < 1.29 is 14.3 Å². The first-order valence-corrected chi connectivity index (χ1v) is 16.0. The third-order valence-electron chi connectivity index (χ3n) is 7.07. The molecule has 4 atom stereocenters. The second-order valence-electron chi connectivity index (χ2n) is 10.4. The van der Waals surface area contributed by atoms with Crippen LogP contribution < -0.4 is 10.6 Å². The van der Waals surface area contributed by atoms with Crippen molar-refractivity contribution in [1.29, 1.82) is 0 Å². The topological polar surface area (TPSA) is 67.4 Å². The highest BCUT2D eigenvalue weighted by Gasteiger charge is 2.60. The van der Waals surface area contributed by atoms with Gasteiger partial charge < -0.3 is 15.4 Å². The highest BCUT2D eigenvalue weighted by molar-refractivity contribution is 6.77. The Kier molecular flexibility index (Phi) is 8.22. The highest BCUT2D eigenvalue weighted by Crippen LogP contribution is 2.54. The summed E-state index contributed by atoms with van der Waals surface area (Å²) in [6, 6.07) is 12.2. The minimum absolute atomic E-state index is 0.117. The van der Waals surface area contributed by atoms with Crippen molar-refractivity contribution in [2.24, 2.45) is 0 Å². The Morgan fingerprint density at radius 1 is 1.14 bits per heavy atom. The van der Waals surface area contributed by atoms with Crippen LogP contribution in [0.25, 0.3) is 0 Å². The summed E-state index contributed by atoms with van der Waals surface area (Å²) < 4.78 is 5.18. The van der Waals surface area contributed by atoms with Crippen LogP contribution in [0.15, 0.2) is 54.6 Å². The van der Waals surface area contributed by atoms with Gasteiger partial charge in [0.05, 0.1) is 14.1 Å². The van der Waals surface area contributed by atoms with E-state index in [1.165, 1.54) is 0 Å². The van der Waals surface area contributed by atoms with Gasteiger partial charge in [0, 0.05) is 40.9 Å². The molecule has 2 aromatic carbocycles. The Morgan fingerprint density at radius 3 is 2.34 bits per heavy atom. The molecule has 0 radical (unpaired) electrons. The molecule has 35 heavy (non-hydrogen) atoms. The normalized spacial score (nSPS) is 24.1. The number of nitrogens with one attached hydrogen (secondary N) is 2. The maximum absolute atomic E-state index is 13.4. The summed E-state index contributed by atoms with van der Waals surface area (Å²) in [6.07, 6.45) is 0.180. The van der Waals surface area contributed by atoms with E-state index < -0.39 is 19.5 Å². The molecule has 188 valence electrons. The lowest BCUT2D eigenvalue weighted by Gasteiger charge is -2.46. The Bertz CT molecular complexity index is 1150. The maximum atomic E-state index is 13.4. The number of fused-ring (bicyclic) bond motifs is 2. The van der Waals surface area contributed by atoms with Crippen molar-refractivity contribution >= 4 is 48.8 Å². The second kappa shape index (κ2) is 10.5. The third-order valence-corrected chi connectivity index (χ3v) is 10.2. The summed E-state index contributed by atoms with van der Waals surface area (Å²) in [5, 5.41) is 7.05. The lowest BCUT2D eigenvalue weighted by Crippen LogP contribution is -2.62. The van der Waals surface area contributed by atoms with Crippen molar-refractivity contribution in [3.8, 4) is 0 Å². The quantitative estimate of drug-likeness (QED) is 0.357. The van der Waals surface area contributed by atoms with Crippen LogP contribution >= 0.6 is 23.2 Å². The predicted molar refractivity (Wildman–Crippen MR) is 147 cm³/mol. The molecule has 1 saturated heterocycles. The first-order chi connectivity index (χ1) is 16.3. The number of rotatable bonds is 4.